The van der Waals surface area contributed by atoms with Crippen LogP contribution < -0.4 is 9.97 Å². The van der Waals surface area contributed by atoms with Crippen molar-refractivity contribution in [3.8, 4) is 0 Å². The van der Waals surface area contributed by atoms with Gasteiger partial charge in [0.15, 0.2) is 0 Å². The van der Waals surface area contributed by atoms with E-state index in [1.807, 2.05) is 32.0 Å². The molecular formula is C34H36MoN4O5-2. The summed E-state index contributed by atoms with van der Waals surface area (Å²) in [5, 5.41) is 18.9. The second kappa shape index (κ2) is 13.8. The Balaban J connectivity index is 0.00000216. The Hall–Kier alpha value is -3.97. The molecule has 0 unspecified atom stereocenters. The molecule has 0 aromatic carbocycles. The van der Waals surface area contributed by atoms with Gasteiger partial charge in [-0.2, -0.15) is 0 Å². The molecule has 0 saturated carbocycles. The molecule has 44 heavy (non-hydrogen) atoms. The molecule has 2 aliphatic heterocycles. The third-order valence-corrected chi connectivity index (χ3v) is 8.53. The number of hydrogen-bond donors (Lipinski definition) is 2. The summed E-state index contributed by atoms with van der Waals surface area (Å²) in [4.78, 5) is 43.1. The van der Waals surface area contributed by atoms with Crippen LogP contribution in [0.1, 0.15) is 98.4 Å². The molecule has 8 bridgehead atoms. The van der Waals surface area contributed by atoms with Crippen LogP contribution in [-0.2, 0) is 45.6 Å². The van der Waals surface area contributed by atoms with E-state index in [1.54, 1.807) is 0 Å². The minimum absolute atomic E-state index is 0.0258. The summed E-state index contributed by atoms with van der Waals surface area (Å²) in [6.45, 7) is 12.3. The van der Waals surface area contributed by atoms with Crippen molar-refractivity contribution in [3.05, 3.63) is 69.3 Å². The molecule has 0 spiro atoms. The molecule has 3 aromatic heterocycles. The van der Waals surface area contributed by atoms with Crippen LogP contribution in [0.2, 0.25) is 0 Å². The van der Waals surface area contributed by atoms with Gasteiger partial charge in [0.25, 0.3) is 0 Å². The van der Waals surface area contributed by atoms with Crippen LogP contribution >= 0.6 is 0 Å². The van der Waals surface area contributed by atoms with Gasteiger partial charge in [0.05, 0.1) is 22.8 Å². The predicted octanol–water partition coefficient (Wildman–Crippen LogP) is 6.78. The molecule has 2 N–H and O–H groups in total. The number of carbonyl (C=O) groups is 2. The number of carboxylic acids is 2. The molecule has 0 amide bonds. The van der Waals surface area contributed by atoms with Crippen LogP contribution in [-0.4, -0.2) is 32.1 Å². The maximum absolute atomic E-state index is 11.5. The zero-order valence-electron chi connectivity index (χ0n) is 25.9. The second-order valence-corrected chi connectivity index (χ2v) is 11.0. The summed E-state index contributed by atoms with van der Waals surface area (Å²) in [6, 6.07) is 7.93. The minimum atomic E-state index is -0.878. The fraction of sp³-hybridized carbons (Fsp3) is 0.353. The van der Waals surface area contributed by atoms with E-state index < -0.39 is 11.9 Å². The van der Waals surface area contributed by atoms with E-state index in [0.29, 0.717) is 43.8 Å². The van der Waals surface area contributed by atoms with Gasteiger partial charge in [-0.25, -0.2) is 9.97 Å². The van der Waals surface area contributed by atoms with Crippen LogP contribution in [0, 0.1) is 13.8 Å². The van der Waals surface area contributed by atoms with Crippen LogP contribution in [0.25, 0.3) is 44.4 Å². The molecule has 0 aliphatic carbocycles. The van der Waals surface area contributed by atoms with Gasteiger partial charge in [-0.15, -0.1) is 22.1 Å². The standard InChI is InChI=1S/C34H38N4O4.Mo.O/c1-7-21-17(3)25-13-26-19(5)23(9-11-33(39)40)31(37-26)16-32-24(10-12-34(41)42)20(6)28(38-32)15-30-22(8-2)18(4)27(36-30)14-29(21)35-25;;/h13-16H,7-12H2,1-6H3,(H4,35,36,37,38,39,40,41,42);;/p-2. The van der Waals surface area contributed by atoms with E-state index >= 15 is 0 Å². The quantitative estimate of drug-likeness (QED) is 0.247. The fourth-order valence-corrected chi connectivity index (χ4v) is 6.06. The molecule has 0 atom stereocenters. The number of aromatic nitrogens is 4. The zero-order valence-corrected chi connectivity index (χ0v) is 27.9. The predicted molar refractivity (Wildman–Crippen MR) is 167 cm³/mol. The van der Waals surface area contributed by atoms with Gasteiger partial charge < -0.3 is 20.2 Å². The average molecular weight is 677 g/mol. The third-order valence-electron chi connectivity index (χ3n) is 8.53. The molecule has 5 rings (SSSR count). The van der Waals surface area contributed by atoms with Crippen molar-refractivity contribution in [1.29, 1.82) is 0 Å². The number of hydrogen-bond acceptors (Lipinski definition) is 5. The number of nitrogens with zero attached hydrogens (tertiary/aromatic N) is 4. The summed E-state index contributed by atoms with van der Waals surface area (Å²) in [6.07, 6.45) is 2.23. The first-order valence-corrected chi connectivity index (χ1v) is 15.5. The molecule has 230 valence electrons. The van der Waals surface area contributed by atoms with Crippen molar-refractivity contribution < 1.29 is 43.0 Å². The van der Waals surface area contributed by atoms with Gasteiger partial charge in [0.2, 0.25) is 0 Å². The summed E-state index contributed by atoms with van der Waals surface area (Å²) < 4.78 is 8.26. The number of fused-ring (bicyclic) bond motifs is 8. The molecule has 10 heteroatoms. The zero-order chi connectivity index (χ0) is 32.3. The molecule has 3 aromatic rings. The van der Waals surface area contributed by atoms with Crippen molar-refractivity contribution in [2.75, 3.05) is 0 Å². The molecule has 5 heterocycles. The monoisotopic (exact) mass is 678 g/mol. The molecular weight excluding hydrogens is 640 g/mol. The fourth-order valence-electron chi connectivity index (χ4n) is 6.06. The van der Waals surface area contributed by atoms with Crippen molar-refractivity contribution in [3.63, 3.8) is 0 Å². The Labute approximate surface area is 267 Å². The Bertz CT molecular complexity index is 1880. The summed E-state index contributed by atoms with van der Waals surface area (Å²) in [7, 11) is 0. The van der Waals surface area contributed by atoms with E-state index in [0.717, 1.165) is 85.4 Å². The molecule has 2 aliphatic rings. The number of rotatable bonds is 8. The van der Waals surface area contributed by atoms with Crippen LogP contribution in [0.15, 0.2) is 24.3 Å². The Morgan fingerprint density at radius 1 is 0.636 bits per heavy atom. The Morgan fingerprint density at radius 3 is 1.61 bits per heavy atom. The Kier molecular flexibility index (Phi) is 10.3. The summed E-state index contributed by atoms with van der Waals surface area (Å²) in [5.41, 5.74) is 14.3. The summed E-state index contributed by atoms with van der Waals surface area (Å²) >= 11 is 0.700. The first-order chi connectivity index (χ1) is 21.0. The third kappa shape index (κ3) is 6.43. The van der Waals surface area contributed by atoms with Gasteiger partial charge in [0, 0.05) is 12.8 Å². The first-order valence-electron chi connectivity index (χ1n) is 14.7. The Morgan fingerprint density at radius 2 is 1.07 bits per heavy atom. The van der Waals surface area contributed by atoms with E-state index in [9.17, 15) is 19.8 Å². The number of carboxylic acid groups (broad SMARTS) is 2. The van der Waals surface area contributed by atoms with Crippen LogP contribution in [0.3, 0.4) is 0 Å². The van der Waals surface area contributed by atoms with E-state index in [2.05, 4.69) is 33.8 Å². The number of allylic oxidation sites excluding steroid dienone is 4. The van der Waals surface area contributed by atoms with E-state index in [1.165, 1.54) is 5.57 Å². The van der Waals surface area contributed by atoms with Crippen molar-refractivity contribution in [2.45, 2.75) is 80.1 Å². The van der Waals surface area contributed by atoms with E-state index in [-0.39, 0.29) is 12.8 Å². The molecule has 0 radical (unpaired) electrons. The van der Waals surface area contributed by atoms with Gasteiger partial charge >= 0.3 is 35.1 Å². The van der Waals surface area contributed by atoms with Crippen molar-refractivity contribution in [1.82, 2.24) is 19.9 Å². The van der Waals surface area contributed by atoms with Gasteiger partial charge in [-0.1, -0.05) is 60.4 Å². The second-order valence-electron chi connectivity index (χ2n) is 11.0. The van der Waals surface area contributed by atoms with Crippen LogP contribution in [0.4, 0.5) is 0 Å². The van der Waals surface area contributed by atoms with Gasteiger partial charge in [-0.3, -0.25) is 9.59 Å². The van der Waals surface area contributed by atoms with Crippen molar-refractivity contribution >= 4 is 56.3 Å². The van der Waals surface area contributed by atoms with Gasteiger partial charge in [0.1, 0.15) is 0 Å². The van der Waals surface area contributed by atoms with Crippen LogP contribution in [0.5, 0.6) is 0 Å². The normalized spacial score (nSPS) is 12.8. The molecule has 9 nitrogen and oxygen atoms in total. The number of aliphatic carboxylic acids is 2. The number of aryl methyl sites for hydroxylation is 4. The maximum atomic E-state index is 11.5. The molecule has 0 fully saturated rings. The van der Waals surface area contributed by atoms with Crippen molar-refractivity contribution in [2.24, 2.45) is 0 Å². The first kappa shape index (κ1) is 32.9. The average Bonchev–Trinajstić information content (AvgIpc) is 3.64. The SMILES string of the molecule is CCC1=C(C)c2cc3[n-]c(cc4nc(cc5[n-]c(cc1n2)c(C)c5CC)C(C)=C4CCC(=O)O)c(CCC(=O)O)c3C.[O]=[Mo]. The summed E-state index contributed by atoms with van der Waals surface area (Å²) in [5.74, 6) is -1.76. The molecule has 0 saturated heterocycles. The van der Waals surface area contributed by atoms with Gasteiger partial charge in [-0.05, 0) is 75.7 Å². The van der Waals surface area contributed by atoms with E-state index in [4.69, 9.17) is 23.3 Å². The topological polar surface area (TPSA) is 146 Å².